The van der Waals surface area contributed by atoms with E-state index < -0.39 is 0 Å². The molecule has 0 saturated heterocycles. The Morgan fingerprint density at radius 2 is 1.85 bits per heavy atom. The molecule has 3 rings (SSSR count). The lowest BCUT2D eigenvalue weighted by Gasteiger charge is -2.10. The van der Waals surface area contributed by atoms with Crippen LogP contribution in [0.5, 0.6) is 0 Å². The van der Waals surface area contributed by atoms with E-state index in [1.165, 1.54) is 0 Å². The highest BCUT2D eigenvalue weighted by molar-refractivity contribution is 6.05. The molecule has 134 valence electrons. The predicted molar refractivity (Wildman–Crippen MR) is 104 cm³/mol. The summed E-state index contributed by atoms with van der Waals surface area (Å²) in [5.41, 5.74) is 2.95. The van der Waals surface area contributed by atoms with Crippen LogP contribution in [0.4, 0.5) is 11.4 Å². The number of unbranched alkanes of at least 4 members (excludes halogenated alkanes) is 1. The first-order chi connectivity index (χ1) is 12.6. The van der Waals surface area contributed by atoms with E-state index in [9.17, 15) is 9.59 Å². The number of para-hydroxylation sites is 1. The fourth-order valence-electron chi connectivity index (χ4n) is 2.72. The summed E-state index contributed by atoms with van der Waals surface area (Å²) in [5.74, 6) is -0.0307. The number of amides is 2. The number of rotatable bonds is 6. The average Bonchev–Trinajstić information content (AvgIpc) is 3.06. The molecule has 5 heteroatoms. The Labute approximate surface area is 152 Å². The second-order valence-corrected chi connectivity index (χ2v) is 6.28. The van der Waals surface area contributed by atoms with Crippen molar-refractivity contribution in [3.8, 4) is 0 Å². The van der Waals surface area contributed by atoms with E-state index in [0.29, 0.717) is 17.7 Å². The quantitative estimate of drug-likeness (QED) is 0.648. The third-order valence-corrected chi connectivity index (χ3v) is 4.17. The molecule has 0 aliphatic heterocycles. The highest BCUT2D eigenvalue weighted by Crippen LogP contribution is 2.23. The van der Waals surface area contributed by atoms with Crippen LogP contribution in [0.1, 0.15) is 42.3 Å². The Kier molecular flexibility index (Phi) is 5.37. The number of carbonyl (C=O) groups is 2. The number of anilines is 2. The van der Waals surface area contributed by atoms with Gasteiger partial charge in [-0.2, -0.15) is 0 Å². The van der Waals surface area contributed by atoms with Crippen molar-refractivity contribution < 1.29 is 14.0 Å². The molecule has 0 saturated carbocycles. The van der Waals surface area contributed by atoms with Gasteiger partial charge in [0.05, 0.1) is 0 Å². The lowest BCUT2D eigenvalue weighted by Crippen LogP contribution is -2.13. The maximum Gasteiger partial charge on any atom is 0.291 e. The van der Waals surface area contributed by atoms with Crippen molar-refractivity contribution in [2.75, 3.05) is 10.6 Å². The minimum Gasteiger partial charge on any atom is -0.451 e. The van der Waals surface area contributed by atoms with Crippen LogP contribution in [0.25, 0.3) is 11.0 Å². The first-order valence-corrected chi connectivity index (χ1v) is 8.77. The standard InChI is InChI=1S/C21H22N2O3/c1-3-4-9-20(24)22-16-10-11-17(14(2)12-16)23-21(25)19-13-15-7-5-6-8-18(15)26-19/h5-8,10-13H,3-4,9H2,1-2H3,(H,22,24)(H,23,25). The molecule has 0 aliphatic rings. The number of nitrogens with one attached hydrogen (secondary N) is 2. The summed E-state index contributed by atoms with van der Waals surface area (Å²) in [4.78, 5) is 24.3. The Hall–Kier alpha value is -3.08. The van der Waals surface area contributed by atoms with E-state index in [1.54, 1.807) is 18.2 Å². The van der Waals surface area contributed by atoms with E-state index in [1.807, 2.05) is 37.3 Å². The Bertz CT molecular complexity index is 910. The van der Waals surface area contributed by atoms with Gasteiger partial charge in [-0.05, 0) is 49.2 Å². The van der Waals surface area contributed by atoms with Crippen molar-refractivity contribution in [1.29, 1.82) is 0 Å². The topological polar surface area (TPSA) is 71.3 Å². The van der Waals surface area contributed by atoms with Gasteiger partial charge in [-0.1, -0.05) is 31.5 Å². The van der Waals surface area contributed by atoms with Crippen molar-refractivity contribution in [1.82, 2.24) is 0 Å². The number of carbonyl (C=O) groups excluding carboxylic acids is 2. The van der Waals surface area contributed by atoms with Gasteiger partial charge in [0, 0.05) is 23.2 Å². The molecule has 0 radical (unpaired) electrons. The Morgan fingerprint density at radius 3 is 2.58 bits per heavy atom. The molecule has 2 N–H and O–H groups in total. The summed E-state index contributed by atoms with van der Waals surface area (Å²) < 4.78 is 5.59. The van der Waals surface area contributed by atoms with Crippen LogP contribution < -0.4 is 10.6 Å². The van der Waals surface area contributed by atoms with Crippen molar-refractivity contribution in [2.24, 2.45) is 0 Å². The maximum atomic E-state index is 12.4. The molecule has 3 aromatic rings. The molecule has 2 aromatic carbocycles. The third kappa shape index (κ3) is 4.11. The van der Waals surface area contributed by atoms with E-state index >= 15 is 0 Å². The van der Waals surface area contributed by atoms with Crippen molar-refractivity contribution >= 4 is 34.2 Å². The molecule has 0 spiro atoms. The van der Waals surface area contributed by atoms with Crippen LogP contribution in [0.3, 0.4) is 0 Å². The zero-order valence-corrected chi connectivity index (χ0v) is 15.0. The number of fused-ring (bicyclic) bond motifs is 1. The fourth-order valence-corrected chi connectivity index (χ4v) is 2.72. The molecule has 0 unspecified atom stereocenters. The Morgan fingerprint density at radius 1 is 1.04 bits per heavy atom. The summed E-state index contributed by atoms with van der Waals surface area (Å²) in [6.45, 7) is 3.94. The molecular weight excluding hydrogens is 328 g/mol. The lowest BCUT2D eigenvalue weighted by molar-refractivity contribution is -0.116. The monoisotopic (exact) mass is 350 g/mol. The van der Waals surface area contributed by atoms with E-state index in [-0.39, 0.29) is 17.6 Å². The van der Waals surface area contributed by atoms with E-state index in [2.05, 4.69) is 17.6 Å². The molecule has 0 aliphatic carbocycles. The van der Waals surface area contributed by atoms with Gasteiger partial charge in [0.1, 0.15) is 5.58 Å². The molecule has 2 amide bonds. The molecule has 0 atom stereocenters. The Balaban J connectivity index is 1.69. The lowest BCUT2D eigenvalue weighted by atomic mass is 10.1. The molecule has 1 aromatic heterocycles. The van der Waals surface area contributed by atoms with Crippen molar-refractivity contribution in [2.45, 2.75) is 33.1 Å². The van der Waals surface area contributed by atoms with Gasteiger partial charge >= 0.3 is 0 Å². The van der Waals surface area contributed by atoms with Gasteiger partial charge in [0.25, 0.3) is 5.91 Å². The normalized spacial score (nSPS) is 10.7. The van der Waals surface area contributed by atoms with Crippen LogP contribution in [0, 0.1) is 6.92 Å². The zero-order valence-electron chi connectivity index (χ0n) is 15.0. The van der Waals surface area contributed by atoms with Gasteiger partial charge in [0.2, 0.25) is 5.91 Å². The SMILES string of the molecule is CCCCC(=O)Nc1ccc(NC(=O)c2cc3ccccc3o2)c(C)c1. The van der Waals surface area contributed by atoms with Gasteiger partial charge in [0.15, 0.2) is 5.76 Å². The largest absolute Gasteiger partial charge is 0.451 e. The smallest absolute Gasteiger partial charge is 0.291 e. The second-order valence-electron chi connectivity index (χ2n) is 6.28. The first-order valence-electron chi connectivity index (χ1n) is 8.77. The minimum atomic E-state index is -0.302. The van der Waals surface area contributed by atoms with Gasteiger partial charge in [-0.25, -0.2) is 0 Å². The first kappa shape index (κ1) is 17.7. The molecule has 0 fully saturated rings. The highest BCUT2D eigenvalue weighted by atomic mass is 16.3. The third-order valence-electron chi connectivity index (χ3n) is 4.17. The minimum absolute atomic E-state index is 0.00492. The fraction of sp³-hybridized carbons (Fsp3) is 0.238. The summed E-state index contributed by atoms with van der Waals surface area (Å²) in [6.07, 6.45) is 2.37. The summed E-state index contributed by atoms with van der Waals surface area (Å²) in [7, 11) is 0. The van der Waals surface area contributed by atoms with Crippen molar-refractivity contribution in [3.05, 3.63) is 59.9 Å². The van der Waals surface area contributed by atoms with Crippen LogP contribution in [0.2, 0.25) is 0 Å². The van der Waals surface area contributed by atoms with Crippen molar-refractivity contribution in [3.63, 3.8) is 0 Å². The van der Waals surface area contributed by atoms with Crippen LogP contribution in [-0.4, -0.2) is 11.8 Å². The van der Waals surface area contributed by atoms with Crippen LogP contribution >= 0.6 is 0 Å². The van der Waals surface area contributed by atoms with Crippen LogP contribution in [0.15, 0.2) is 52.9 Å². The molecular formula is C21H22N2O3. The summed E-state index contributed by atoms with van der Waals surface area (Å²) in [5, 5.41) is 6.62. The summed E-state index contributed by atoms with van der Waals surface area (Å²) in [6, 6.07) is 14.6. The second kappa shape index (κ2) is 7.87. The number of aryl methyl sites for hydroxylation is 1. The molecule has 5 nitrogen and oxygen atoms in total. The zero-order chi connectivity index (χ0) is 18.5. The van der Waals surface area contributed by atoms with Gasteiger partial charge < -0.3 is 15.1 Å². The predicted octanol–water partition coefficient (Wildman–Crippen LogP) is 5.12. The van der Waals surface area contributed by atoms with Gasteiger partial charge in [-0.3, -0.25) is 9.59 Å². The van der Waals surface area contributed by atoms with Gasteiger partial charge in [-0.15, -0.1) is 0 Å². The molecule has 1 heterocycles. The van der Waals surface area contributed by atoms with Crippen LogP contribution in [-0.2, 0) is 4.79 Å². The number of hydrogen-bond donors (Lipinski definition) is 2. The summed E-state index contributed by atoms with van der Waals surface area (Å²) >= 11 is 0. The average molecular weight is 350 g/mol. The maximum absolute atomic E-state index is 12.4. The molecule has 0 bridgehead atoms. The number of benzene rings is 2. The van der Waals surface area contributed by atoms with E-state index in [4.69, 9.17) is 4.42 Å². The van der Waals surface area contributed by atoms with E-state index in [0.717, 1.165) is 29.5 Å². The highest BCUT2D eigenvalue weighted by Gasteiger charge is 2.13. The molecule has 26 heavy (non-hydrogen) atoms. The number of furan rings is 1. The number of hydrogen-bond acceptors (Lipinski definition) is 3.